The fraction of sp³-hybridized carbons (Fsp3) is 0.344. The fourth-order valence-corrected chi connectivity index (χ4v) is 5.41. The van der Waals surface area contributed by atoms with Gasteiger partial charge in [0.1, 0.15) is 5.82 Å². The molecule has 9 heteroatoms. The van der Waals surface area contributed by atoms with Gasteiger partial charge in [-0.25, -0.2) is 9.78 Å². The number of anilines is 3. The summed E-state index contributed by atoms with van der Waals surface area (Å²) in [6.45, 7) is 4.51. The molecule has 4 aromatic rings. The van der Waals surface area contributed by atoms with Crippen LogP contribution in [0.3, 0.4) is 0 Å². The zero-order chi connectivity index (χ0) is 28.9. The number of likely N-dealkylation sites (tertiary alicyclic amines) is 1. The van der Waals surface area contributed by atoms with Gasteiger partial charge in [0.15, 0.2) is 0 Å². The highest BCUT2D eigenvalue weighted by molar-refractivity contribution is 6.04. The average Bonchev–Trinajstić information content (AvgIpc) is 3.41. The smallest absolute Gasteiger partial charge is 0.325 e. The van der Waals surface area contributed by atoms with Crippen molar-refractivity contribution in [3.8, 4) is 0 Å². The standard InChI is InChI=1S/C32H38N6O3/c1-22(39)11-18-37(27-8-9-29-26(20-27)14-19-38(29)32(41)33-2)28-10-15-34-30(21-28)35-31(40)25-6-4-23(5-7-25)24-12-16-36(3)17-13-24/h4-10,14-15,19-22,24,39H,11-13,16-18H2,1-3H3,(H,33,41)(H,34,35,40)/t22-/m0/s1. The monoisotopic (exact) mass is 554 g/mol. The first-order valence-corrected chi connectivity index (χ1v) is 14.2. The Kier molecular flexibility index (Phi) is 8.66. The molecule has 1 saturated heterocycles. The second-order valence-corrected chi connectivity index (χ2v) is 10.8. The van der Waals surface area contributed by atoms with E-state index < -0.39 is 6.10 Å². The summed E-state index contributed by atoms with van der Waals surface area (Å²) in [6, 6.07) is 19.2. The van der Waals surface area contributed by atoms with Gasteiger partial charge in [-0.1, -0.05) is 12.1 Å². The van der Waals surface area contributed by atoms with Gasteiger partial charge in [0.2, 0.25) is 0 Å². The van der Waals surface area contributed by atoms with Crippen LogP contribution in [-0.4, -0.2) is 71.3 Å². The third-order valence-electron chi connectivity index (χ3n) is 7.85. The Morgan fingerprint density at radius 2 is 1.78 bits per heavy atom. The van der Waals surface area contributed by atoms with Gasteiger partial charge in [-0.15, -0.1) is 0 Å². The highest BCUT2D eigenvalue weighted by Crippen LogP contribution is 2.31. The van der Waals surface area contributed by atoms with Crippen LogP contribution >= 0.6 is 0 Å². The van der Waals surface area contributed by atoms with E-state index in [1.807, 2.05) is 48.5 Å². The van der Waals surface area contributed by atoms with E-state index in [1.54, 1.807) is 30.9 Å². The predicted molar refractivity (Wildman–Crippen MR) is 163 cm³/mol. The average molecular weight is 555 g/mol. The van der Waals surface area contributed by atoms with Crippen molar-refractivity contribution in [2.75, 3.05) is 43.9 Å². The number of benzene rings is 2. The highest BCUT2D eigenvalue weighted by Gasteiger charge is 2.19. The first-order valence-electron chi connectivity index (χ1n) is 14.2. The molecule has 2 amide bonds. The van der Waals surface area contributed by atoms with E-state index >= 15 is 0 Å². The number of aliphatic hydroxyl groups excluding tert-OH is 1. The minimum atomic E-state index is -0.478. The largest absolute Gasteiger partial charge is 0.393 e. The summed E-state index contributed by atoms with van der Waals surface area (Å²) < 4.78 is 1.57. The summed E-state index contributed by atoms with van der Waals surface area (Å²) in [7, 11) is 3.76. The molecule has 1 fully saturated rings. The number of carbonyl (C=O) groups excluding carboxylic acids is 2. The third-order valence-corrected chi connectivity index (χ3v) is 7.85. The van der Waals surface area contributed by atoms with Crippen molar-refractivity contribution in [2.45, 2.75) is 38.2 Å². The van der Waals surface area contributed by atoms with Crippen LogP contribution in [0, 0.1) is 0 Å². The Bertz CT molecular complexity index is 1510. The van der Waals surface area contributed by atoms with Crippen LogP contribution in [0.5, 0.6) is 0 Å². The molecule has 0 unspecified atom stereocenters. The molecule has 3 N–H and O–H groups in total. The normalized spacial score (nSPS) is 15.0. The lowest BCUT2D eigenvalue weighted by molar-refractivity contribution is 0.102. The van der Waals surface area contributed by atoms with Crippen LogP contribution in [0.1, 0.15) is 48.0 Å². The Labute approximate surface area is 240 Å². The van der Waals surface area contributed by atoms with Crippen LogP contribution in [0.4, 0.5) is 22.0 Å². The number of pyridine rings is 1. The lowest BCUT2D eigenvalue weighted by Gasteiger charge is -2.29. The third kappa shape index (κ3) is 6.58. The van der Waals surface area contributed by atoms with Gasteiger partial charge in [-0.3, -0.25) is 9.36 Å². The molecule has 2 aromatic carbocycles. The summed E-state index contributed by atoms with van der Waals surface area (Å²) in [5.41, 5.74) is 4.41. The summed E-state index contributed by atoms with van der Waals surface area (Å²) >= 11 is 0. The molecule has 0 bridgehead atoms. The zero-order valence-corrected chi connectivity index (χ0v) is 23.9. The van der Waals surface area contributed by atoms with Crippen LogP contribution in [-0.2, 0) is 0 Å². The molecule has 0 radical (unpaired) electrons. The highest BCUT2D eigenvalue weighted by atomic mass is 16.3. The van der Waals surface area contributed by atoms with Gasteiger partial charge in [-0.2, -0.15) is 0 Å². The van der Waals surface area contributed by atoms with Crippen molar-refractivity contribution in [1.82, 2.24) is 19.8 Å². The molecule has 1 atom stereocenters. The Morgan fingerprint density at radius 1 is 1.05 bits per heavy atom. The SMILES string of the molecule is CNC(=O)n1ccc2cc(N(CC[C@H](C)O)c3ccnc(NC(=O)c4ccc(C5CCN(C)CC5)cc4)c3)ccc21. The van der Waals surface area contributed by atoms with Crippen molar-refractivity contribution in [3.63, 3.8) is 0 Å². The van der Waals surface area contributed by atoms with E-state index in [0.717, 1.165) is 48.2 Å². The number of aromatic nitrogens is 2. The minimum absolute atomic E-state index is 0.204. The van der Waals surface area contributed by atoms with Crippen LogP contribution in [0.25, 0.3) is 10.9 Å². The molecule has 1 aliphatic heterocycles. The van der Waals surface area contributed by atoms with Gasteiger partial charge < -0.3 is 25.5 Å². The first-order chi connectivity index (χ1) is 19.8. The van der Waals surface area contributed by atoms with E-state index in [2.05, 4.69) is 44.6 Å². The molecule has 0 saturated carbocycles. The Morgan fingerprint density at radius 3 is 2.49 bits per heavy atom. The minimum Gasteiger partial charge on any atom is -0.393 e. The maximum atomic E-state index is 13.1. The zero-order valence-electron chi connectivity index (χ0n) is 23.9. The summed E-state index contributed by atoms with van der Waals surface area (Å²) in [6.07, 6.45) is 5.76. The van der Waals surface area contributed by atoms with E-state index in [9.17, 15) is 14.7 Å². The van der Waals surface area contributed by atoms with Gasteiger partial charge in [0.05, 0.1) is 11.6 Å². The van der Waals surface area contributed by atoms with E-state index in [1.165, 1.54) is 5.56 Å². The summed E-state index contributed by atoms with van der Waals surface area (Å²) in [5.74, 6) is 0.772. The van der Waals surface area contributed by atoms with Crippen LogP contribution in [0.15, 0.2) is 73.1 Å². The molecule has 9 nitrogen and oxygen atoms in total. The van der Waals surface area contributed by atoms with Crippen molar-refractivity contribution >= 4 is 40.0 Å². The number of nitrogens with zero attached hydrogens (tertiary/aromatic N) is 4. The number of fused-ring (bicyclic) bond motifs is 1. The molecular formula is C32H38N6O3. The van der Waals surface area contributed by atoms with E-state index in [4.69, 9.17) is 0 Å². The number of piperidine rings is 1. The maximum Gasteiger partial charge on any atom is 0.325 e. The number of carbonyl (C=O) groups is 2. The summed E-state index contributed by atoms with van der Waals surface area (Å²) in [5, 5.41) is 16.5. The number of aliphatic hydroxyl groups is 1. The first kappa shape index (κ1) is 28.3. The lowest BCUT2D eigenvalue weighted by atomic mass is 9.89. The maximum absolute atomic E-state index is 13.1. The molecule has 0 aliphatic carbocycles. The molecular weight excluding hydrogens is 516 g/mol. The molecule has 5 rings (SSSR count). The van der Waals surface area contributed by atoms with Crippen molar-refractivity contribution < 1.29 is 14.7 Å². The number of hydrogen-bond acceptors (Lipinski definition) is 6. The number of hydrogen-bond donors (Lipinski definition) is 3. The Hall–Kier alpha value is -4.21. The fourth-order valence-electron chi connectivity index (χ4n) is 5.41. The van der Waals surface area contributed by atoms with Crippen molar-refractivity contribution in [3.05, 3.63) is 84.2 Å². The summed E-state index contributed by atoms with van der Waals surface area (Å²) in [4.78, 5) is 34.1. The number of amides is 2. The van der Waals surface area contributed by atoms with Crippen molar-refractivity contribution in [1.29, 1.82) is 0 Å². The Balaban J connectivity index is 1.35. The van der Waals surface area contributed by atoms with E-state index in [0.29, 0.717) is 30.3 Å². The molecule has 3 heterocycles. The molecule has 2 aromatic heterocycles. The quantitative estimate of drug-likeness (QED) is 0.277. The van der Waals surface area contributed by atoms with Gasteiger partial charge in [0, 0.05) is 54.4 Å². The molecule has 41 heavy (non-hydrogen) atoms. The topological polar surface area (TPSA) is 103 Å². The van der Waals surface area contributed by atoms with Crippen LogP contribution < -0.4 is 15.5 Å². The second-order valence-electron chi connectivity index (χ2n) is 10.8. The number of nitrogens with one attached hydrogen (secondary N) is 2. The van der Waals surface area contributed by atoms with Gasteiger partial charge in [-0.05, 0) is 100 Å². The predicted octanol–water partition coefficient (Wildman–Crippen LogP) is 5.19. The lowest BCUT2D eigenvalue weighted by Crippen LogP contribution is -2.29. The van der Waals surface area contributed by atoms with Crippen molar-refractivity contribution in [2.24, 2.45) is 0 Å². The second kappa shape index (κ2) is 12.5. The van der Waals surface area contributed by atoms with Gasteiger partial charge in [0.25, 0.3) is 5.91 Å². The molecule has 1 aliphatic rings. The van der Waals surface area contributed by atoms with E-state index in [-0.39, 0.29) is 11.9 Å². The molecule has 214 valence electrons. The number of rotatable bonds is 8. The van der Waals surface area contributed by atoms with Crippen LogP contribution in [0.2, 0.25) is 0 Å². The van der Waals surface area contributed by atoms with Gasteiger partial charge >= 0.3 is 6.03 Å². The molecule has 0 spiro atoms.